The third kappa shape index (κ3) is 2.40. The van der Waals surface area contributed by atoms with Gasteiger partial charge in [0.25, 0.3) is 0 Å². The molecule has 2 rings (SSSR count). The van der Waals surface area contributed by atoms with Crippen LogP contribution in [0.3, 0.4) is 0 Å². The zero-order valence-electron chi connectivity index (χ0n) is 9.18. The maximum atomic E-state index is 11.5. The lowest BCUT2D eigenvalue weighted by atomic mass is 10.0. The number of nitrogens with one attached hydrogen (secondary N) is 1. The lowest BCUT2D eigenvalue weighted by Gasteiger charge is -2.07. The highest BCUT2D eigenvalue weighted by Crippen LogP contribution is 2.27. The Morgan fingerprint density at radius 1 is 1.50 bits per heavy atom. The van der Waals surface area contributed by atoms with E-state index in [0.29, 0.717) is 13.0 Å². The van der Waals surface area contributed by atoms with Gasteiger partial charge in [-0.2, -0.15) is 5.48 Å². The summed E-state index contributed by atoms with van der Waals surface area (Å²) < 4.78 is 4.93. The molecule has 4 nitrogen and oxygen atoms in total. The summed E-state index contributed by atoms with van der Waals surface area (Å²) in [5.41, 5.74) is 3.79. The normalized spacial score (nSPS) is 24.3. The summed E-state index contributed by atoms with van der Waals surface area (Å²) in [5.74, 6) is -0.249. The van der Waals surface area contributed by atoms with Crippen LogP contribution in [0.2, 0.25) is 0 Å². The Balaban J connectivity index is 1.96. The molecule has 1 aliphatic heterocycles. The predicted octanol–water partition coefficient (Wildman–Crippen LogP) is 1.58. The van der Waals surface area contributed by atoms with Crippen molar-refractivity contribution in [2.24, 2.45) is 0 Å². The van der Waals surface area contributed by atoms with Crippen molar-refractivity contribution in [3.05, 3.63) is 35.9 Å². The van der Waals surface area contributed by atoms with E-state index >= 15 is 0 Å². The molecule has 0 saturated carbocycles. The number of hydroxylamine groups is 1. The zero-order chi connectivity index (χ0) is 11.4. The molecule has 1 fully saturated rings. The summed E-state index contributed by atoms with van der Waals surface area (Å²) in [6.45, 7) is 2.19. The summed E-state index contributed by atoms with van der Waals surface area (Å²) in [7, 11) is 0. The van der Waals surface area contributed by atoms with E-state index < -0.39 is 0 Å². The molecule has 2 atom stereocenters. The number of rotatable bonds is 3. The van der Waals surface area contributed by atoms with Crippen LogP contribution in [0.5, 0.6) is 0 Å². The lowest BCUT2D eigenvalue weighted by molar-refractivity contribution is -0.146. The van der Waals surface area contributed by atoms with Crippen molar-refractivity contribution < 1.29 is 14.4 Å². The Hall–Kier alpha value is -1.39. The van der Waals surface area contributed by atoms with Gasteiger partial charge in [0.1, 0.15) is 12.1 Å². The second kappa shape index (κ2) is 5.09. The van der Waals surface area contributed by atoms with Crippen LogP contribution >= 0.6 is 0 Å². The highest BCUT2D eigenvalue weighted by molar-refractivity contribution is 5.75. The van der Waals surface area contributed by atoms with Crippen molar-refractivity contribution in [2.45, 2.75) is 25.5 Å². The molecule has 1 aromatic carbocycles. The van der Waals surface area contributed by atoms with Crippen LogP contribution < -0.4 is 5.48 Å². The van der Waals surface area contributed by atoms with E-state index in [2.05, 4.69) is 5.48 Å². The van der Waals surface area contributed by atoms with Gasteiger partial charge in [-0.1, -0.05) is 30.3 Å². The van der Waals surface area contributed by atoms with Crippen molar-refractivity contribution in [2.75, 3.05) is 6.61 Å². The number of carbonyl (C=O) groups excluding carboxylic acids is 1. The molecule has 0 aromatic heterocycles. The van der Waals surface area contributed by atoms with Gasteiger partial charge in [-0.25, -0.2) is 0 Å². The molecule has 0 amide bonds. The minimum absolute atomic E-state index is 0.0735. The SMILES string of the molecule is CCOC(=O)[C@H]1C[C@H](c2ccccc2)ON1. The van der Waals surface area contributed by atoms with Gasteiger partial charge in [0, 0.05) is 6.42 Å². The molecule has 0 radical (unpaired) electrons. The largest absolute Gasteiger partial charge is 0.465 e. The van der Waals surface area contributed by atoms with E-state index in [1.807, 2.05) is 30.3 Å². The van der Waals surface area contributed by atoms with Gasteiger partial charge in [0.15, 0.2) is 0 Å². The van der Waals surface area contributed by atoms with Crippen LogP contribution in [0.1, 0.15) is 25.0 Å². The Labute approximate surface area is 94.5 Å². The fourth-order valence-electron chi connectivity index (χ4n) is 1.73. The minimum Gasteiger partial charge on any atom is -0.465 e. The van der Waals surface area contributed by atoms with Crippen molar-refractivity contribution in [1.29, 1.82) is 0 Å². The number of hydrogen-bond acceptors (Lipinski definition) is 4. The smallest absolute Gasteiger partial charge is 0.325 e. The molecule has 1 heterocycles. The van der Waals surface area contributed by atoms with Crippen LogP contribution in [0.25, 0.3) is 0 Å². The highest BCUT2D eigenvalue weighted by Gasteiger charge is 2.32. The number of hydrogen-bond donors (Lipinski definition) is 1. The summed E-state index contributed by atoms with van der Waals surface area (Å²) in [6.07, 6.45) is 0.540. The van der Waals surface area contributed by atoms with Crippen LogP contribution in [-0.4, -0.2) is 18.6 Å². The molecule has 1 aromatic rings. The third-order valence-electron chi connectivity index (χ3n) is 2.54. The third-order valence-corrected chi connectivity index (χ3v) is 2.54. The maximum absolute atomic E-state index is 11.5. The van der Waals surface area contributed by atoms with Gasteiger partial charge in [0.2, 0.25) is 0 Å². The zero-order valence-corrected chi connectivity index (χ0v) is 9.18. The Morgan fingerprint density at radius 2 is 2.25 bits per heavy atom. The number of benzene rings is 1. The van der Waals surface area contributed by atoms with Crippen LogP contribution in [-0.2, 0) is 14.4 Å². The first-order chi connectivity index (χ1) is 7.81. The molecule has 0 bridgehead atoms. The van der Waals surface area contributed by atoms with Crippen LogP contribution in [0, 0.1) is 0 Å². The van der Waals surface area contributed by atoms with E-state index in [0.717, 1.165) is 5.56 Å². The number of carbonyl (C=O) groups is 1. The topological polar surface area (TPSA) is 47.6 Å². The molecule has 0 aliphatic carbocycles. The molecular formula is C12H15NO3. The van der Waals surface area contributed by atoms with E-state index in [9.17, 15) is 4.79 Å². The Bertz CT molecular complexity index is 353. The Morgan fingerprint density at radius 3 is 2.94 bits per heavy atom. The van der Waals surface area contributed by atoms with Gasteiger partial charge in [0.05, 0.1) is 6.61 Å². The van der Waals surface area contributed by atoms with Crippen molar-refractivity contribution in [1.82, 2.24) is 5.48 Å². The number of ether oxygens (including phenoxy) is 1. The highest BCUT2D eigenvalue weighted by atomic mass is 16.7. The first-order valence-corrected chi connectivity index (χ1v) is 5.44. The maximum Gasteiger partial charge on any atom is 0.325 e. The Kier molecular flexibility index (Phi) is 3.54. The summed E-state index contributed by atoms with van der Waals surface area (Å²) in [4.78, 5) is 16.8. The van der Waals surface area contributed by atoms with E-state index in [1.54, 1.807) is 6.92 Å². The van der Waals surface area contributed by atoms with Crippen molar-refractivity contribution >= 4 is 5.97 Å². The van der Waals surface area contributed by atoms with Crippen LogP contribution in [0.15, 0.2) is 30.3 Å². The molecule has 0 unspecified atom stereocenters. The molecule has 1 saturated heterocycles. The predicted molar refractivity (Wildman–Crippen MR) is 58.4 cm³/mol. The summed E-state index contributed by atoms with van der Waals surface area (Å²) in [5, 5.41) is 0. The average Bonchev–Trinajstić information content (AvgIpc) is 2.80. The molecule has 4 heteroatoms. The molecule has 86 valence electrons. The van der Waals surface area contributed by atoms with Gasteiger partial charge in [-0.05, 0) is 12.5 Å². The number of esters is 1. The second-order valence-corrected chi connectivity index (χ2v) is 3.68. The van der Waals surface area contributed by atoms with Gasteiger partial charge in [-0.3, -0.25) is 9.63 Å². The van der Waals surface area contributed by atoms with Gasteiger partial charge in [-0.15, -0.1) is 0 Å². The summed E-state index contributed by atoms with van der Waals surface area (Å²) >= 11 is 0. The molecule has 16 heavy (non-hydrogen) atoms. The van der Waals surface area contributed by atoms with Gasteiger partial charge < -0.3 is 4.74 Å². The lowest BCUT2D eigenvalue weighted by Crippen LogP contribution is -2.31. The molecule has 1 aliphatic rings. The monoisotopic (exact) mass is 221 g/mol. The first kappa shape index (κ1) is 11.1. The molecule has 0 spiro atoms. The molecule has 1 N–H and O–H groups in total. The van der Waals surface area contributed by atoms with Crippen LogP contribution in [0.4, 0.5) is 0 Å². The fourth-order valence-corrected chi connectivity index (χ4v) is 1.73. The average molecular weight is 221 g/mol. The fraction of sp³-hybridized carbons (Fsp3) is 0.417. The van der Waals surface area contributed by atoms with E-state index in [-0.39, 0.29) is 18.1 Å². The van der Waals surface area contributed by atoms with Crippen molar-refractivity contribution in [3.8, 4) is 0 Å². The quantitative estimate of drug-likeness (QED) is 0.787. The van der Waals surface area contributed by atoms with E-state index in [1.165, 1.54) is 0 Å². The van der Waals surface area contributed by atoms with Gasteiger partial charge >= 0.3 is 5.97 Å². The first-order valence-electron chi connectivity index (χ1n) is 5.44. The second-order valence-electron chi connectivity index (χ2n) is 3.68. The summed E-state index contributed by atoms with van der Waals surface area (Å²) in [6, 6.07) is 9.48. The van der Waals surface area contributed by atoms with Crippen molar-refractivity contribution in [3.63, 3.8) is 0 Å². The minimum atomic E-state index is -0.356. The molecular weight excluding hydrogens is 206 g/mol. The standard InChI is InChI=1S/C12H15NO3/c1-2-15-12(14)10-8-11(16-13-10)9-6-4-3-5-7-9/h3-7,10-11,13H,2,8H2,1H3/t10-,11-/m1/s1. The van der Waals surface area contributed by atoms with E-state index in [4.69, 9.17) is 9.57 Å².